The van der Waals surface area contributed by atoms with E-state index < -0.39 is 0 Å². The first-order chi connectivity index (χ1) is 14.7. The summed E-state index contributed by atoms with van der Waals surface area (Å²) in [6.07, 6.45) is 7.09. The van der Waals surface area contributed by atoms with Gasteiger partial charge in [-0.3, -0.25) is 14.8 Å². The molecule has 5 rings (SSSR count). The number of H-pyrrole nitrogens is 1. The summed E-state index contributed by atoms with van der Waals surface area (Å²) in [5.74, 6) is 0.651. The van der Waals surface area contributed by atoms with Crippen molar-refractivity contribution in [3.05, 3.63) is 53.9 Å². The number of hydrogen-bond acceptors (Lipinski definition) is 5. The van der Waals surface area contributed by atoms with Crippen molar-refractivity contribution in [2.24, 2.45) is 0 Å². The molecule has 2 aliphatic heterocycles. The number of nitrogens with zero attached hydrogens (tertiary/aromatic N) is 4. The van der Waals surface area contributed by atoms with Gasteiger partial charge in [0.05, 0.1) is 29.8 Å². The number of nitriles is 1. The average Bonchev–Trinajstić information content (AvgIpc) is 3.29. The molecule has 3 aliphatic rings. The van der Waals surface area contributed by atoms with Gasteiger partial charge in [0.1, 0.15) is 0 Å². The van der Waals surface area contributed by atoms with Gasteiger partial charge in [-0.05, 0) is 24.8 Å². The summed E-state index contributed by atoms with van der Waals surface area (Å²) < 4.78 is 0. The molecule has 1 aromatic carbocycles. The third-order valence-corrected chi connectivity index (χ3v) is 7.04. The second-order valence-corrected chi connectivity index (χ2v) is 8.99. The van der Waals surface area contributed by atoms with E-state index in [1.165, 1.54) is 12.0 Å². The molecule has 7 heteroatoms. The van der Waals surface area contributed by atoms with Gasteiger partial charge in [-0.25, -0.2) is 0 Å². The van der Waals surface area contributed by atoms with Crippen LogP contribution in [0.3, 0.4) is 0 Å². The van der Waals surface area contributed by atoms with Crippen LogP contribution in [0, 0.1) is 11.3 Å². The van der Waals surface area contributed by atoms with E-state index >= 15 is 0 Å². The smallest absolute Gasteiger partial charge is 0.257 e. The van der Waals surface area contributed by atoms with Gasteiger partial charge in [-0.1, -0.05) is 30.3 Å². The van der Waals surface area contributed by atoms with Gasteiger partial charge in [0.2, 0.25) is 0 Å². The Hall–Kier alpha value is -2.69. The third kappa shape index (κ3) is 3.62. The number of benzene rings is 1. The van der Waals surface area contributed by atoms with E-state index in [1.54, 1.807) is 12.4 Å². The Kier molecular flexibility index (Phi) is 5.05. The second kappa shape index (κ2) is 7.86. The molecule has 1 amide bonds. The highest BCUT2D eigenvalue weighted by molar-refractivity contribution is 5.94. The van der Waals surface area contributed by atoms with E-state index in [0.29, 0.717) is 43.1 Å². The molecule has 1 saturated carbocycles. The normalized spacial score (nSPS) is 26.0. The third-order valence-electron chi connectivity index (χ3n) is 7.04. The van der Waals surface area contributed by atoms with Crippen LogP contribution in [0.2, 0.25) is 0 Å². The maximum Gasteiger partial charge on any atom is 0.257 e. The summed E-state index contributed by atoms with van der Waals surface area (Å²) in [7, 11) is 0. The zero-order valence-corrected chi connectivity index (χ0v) is 17.1. The summed E-state index contributed by atoms with van der Waals surface area (Å²) >= 11 is 0. The molecular weight excluding hydrogens is 376 g/mol. The molecule has 3 fully saturated rings. The monoisotopic (exact) mass is 404 g/mol. The molecule has 0 radical (unpaired) electrons. The first-order valence-electron chi connectivity index (χ1n) is 10.9. The summed E-state index contributed by atoms with van der Waals surface area (Å²) in [5.41, 5.74) is 1.84. The van der Waals surface area contributed by atoms with Crippen LogP contribution in [0.25, 0.3) is 0 Å². The van der Waals surface area contributed by atoms with Crippen molar-refractivity contribution in [2.75, 3.05) is 26.2 Å². The highest BCUT2D eigenvalue weighted by Crippen LogP contribution is 2.42. The van der Waals surface area contributed by atoms with Crippen LogP contribution in [0.5, 0.6) is 0 Å². The summed E-state index contributed by atoms with van der Waals surface area (Å²) in [6, 6.07) is 14.3. The molecule has 1 unspecified atom stereocenters. The highest BCUT2D eigenvalue weighted by Gasteiger charge is 2.50. The van der Waals surface area contributed by atoms with E-state index in [9.17, 15) is 10.1 Å². The fourth-order valence-electron chi connectivity index (χ4n) is 5.20. The number of amides is 1. The van der Waals surface area contributed by atoms with Crippen LogP contribution >= 0.6 is 0 Å². The molecule has 156 valence electrons. The lowest BCUT2D eigenvalue weighted by Gasteiger charge is -2.56. The first-order valence-corrected chi connectivity index (χ1v) is 10.9. The maximum absolute atomic E-state index is 12.5. The van der Waals surface area contributed by atoms with E-state index in [0.717, 1.165) is 25.9 Å². The van der Waals surface area contributed by atoms with Crippen molar-refractivity contribution >= 4 is 5.91 Å². The Bertz CT molecular complexity index is 907. The van der Waals surface area contributed by atoms with Crippen molar-refractivity contribution < 1.29 is 4.79 Å². The number of carbonyl (C=O) groups is 1. The zero-order valence-electron chi connectivity index (χ0n) is 17.1. The summed E-state index contributed by atoms with van der Waals surface area (Å²) in [5, 5.41) is 19.8. The number of carbonyl (C=O) groups excluding carboxylic acids is 1. The fourth-order valence-corrected chi connectivity index (χ4v) is 5.20. The van der Waals surface area contributed by atoms with Crippen LogP contribution in [0.4, 0.5) is 0 Å². The van der Waals surface area contributed by atoms with Gasteiger partial charge in [0.25, 0.3) is 5.91 Å². The molecule has 0 spiro atoms. The SMILES string of the molecule is N#CCC1(N2CCC(N[C@@H]3CC3c3ccccc3)CC2)CN(C(=O)c2cn[nH]c2)C1. The van der Waals surface area contributed by atoms with Crippen LogP contribution < -0.4 is 5.32 Å². The Morgan fingerprint density at radius 1 is 1.27 bits per heavy atom. The average molecular weight is 405 g/mol. The predicted octanol–water partition coefficient (Wildman–Crippen LogP) is 2.13. The van der Waals surface area contributed by atoms with E-state index in [1.807, 2.05) is 4.90 Å². The van der Waals surface area contributed by atoms with Crippen molar-refractivity contribution in [1.29, 1.82) is 5.26 Å². The lowest BCUT2D eigenvalue weighted by molar-refractivity contribution is -0.0497. The predicted molar refractivity (Wildman–Crippen MR) is 113 cm³/mol. The molecule has 2 atom stereocenters. The number of likely N-dealkylation sites (tertiary alicyclic amines) is 2. The number of nitrogens with one attached hydrogen (secondary N) is 2. The maximum atomic E-state index is 12.5. The Morgan fingerprint density at radius 3 is 2.70 bits per heavy atom. The number of aromatic nitrogens is 2. The van der Waals surface area contributed by atoms with Crippen molar-refractivity contribution in [1.82, 2.24) is 25.3 Å². The lowest BCUT2D eigenvalue weighted by atomic mass is 9.82. The van der Waals surface area contributed by atoms with Gasteiger partial charge < -0.3 is 10.2 Å². The van der Waals surface area contributed by atoms with Crippen LogP contribution in [0.1, 0.15) is 47.5 Å². The fraction of sp³-hybridized carbons (Fsp3) is 0.522. The van der Waals surface area contributed by atoms with Gasteiger partial charge in [0, 0.05) is 50.4 Å². The molecule has 2 aromatic rings. The van der Waals surface area contributed by atoms with Gasteiger partial charge in [-0.15, -0.1) is 0 Å². The molecule has 2 saturated heterocycles. The molecule has 1 aliphatic carbocycles. The lowest BCUT2D eigenvalue weighted by Crippen LogP contribution is -2.72. The highest BCUT2D eigenvalue weighted by atomic mass is 16.2. The topological polar surface area (TPSA) is 88.1 Å². The minimum atomic E-state index is -0.189. The van der Waals surface area contributed by atoms with Crippen molar-refractivity contribution in [3.8, 4) is 6.07 Å². The van der Waals surface area contributed by atoms with Crippen LogP contribution in [0.15, 0.2) is 42.7 Å². The molecule has 30 heavy (non-hydrogen) atoms. The molecule has 0 bridgehead atoms. The van der Waals surface area contributed by atoms with Crippen LogP contribution in [-0.4, -0.2) is 69.7 Å². The molecule has 2 N–H and O–H groups in total. The second-order valence-electron chi connectivity index (χ2n) is 8.99. The van der Waals surface area contributed by atoms with Gasteiger partial charge >= 0.3 is 0 Å². The Morgan fingerprint density at radius 2 is 2.03 bits per heavy atom. The Labute approximate surface area is 177 Å². The number of piperidine rings is 1. The minimum absolute atomic E-state index is 0.00504. The zero-order chi connectivity index (χ0) is 20.6. The standard InChI is InChI=1S/C23H28N6O/c24-9-8-23(15-28(16-23)22(30)18-13-25-26-14-18)29-10-6-19(7-11-29)27-21-12-20(21)17-4-2-1-3-5-17/h1-5,13-14,19-21,27H,6-8,10-12,15-16H2,(H,25,26)/t20?,21-/m1/s1. The number of aromatic amines is 1. The number of hydrogen-bond donors (Lipinski definition) is 2. The van der Waals surface area contributed by atoms with Gasteiger partial charge in [-0.2, -0.15) is 10.4 Å². The minimum Gasteiger partial charge on any atom is -0.335 e. The summed E-state index contributed by atoms with van der Waals surface area (Å²) in [6.45, 7) is 3.22. The molecular formula is C23H28N6O. The molecule has 1 aromatic heterocycles. The van der Waals surface area contributed by atoms with E-state index in [-0.39, 0.29) is 11.4 Å². The number of rotatable bonds is 6. The summed E-state index contributed by atoms with van der Waals surface area (Å²) in [4.78, 5) is 16.8. The largest absolute Gasteiger partial charge is 0.335 e. The van der Waals surface area contributed by atoms with Crippen LogP contribution in [-0.2, 0) is 0 Å². The quantitative estimate of drug-likeness (QED) is 0.770. The van der Waals surface area contributed by atoms with Gasteiger partial charge in [0.15, 0.2) is 0 Å². The Balaban J connectivity index is 1.13. The van der Waals surface area contributed by atoms with Crippen molar-refractivity contribution in [2.45, 2.75) is 49.2 Å². The molecule has 3 heterocycles. The molecule has 7 nitrogen and oxygen atoms in total. The van der Waals surface area contributed by atoms with E-state index in [4.69, 9.17) is 0 Å². The first kappa shape index (κ1) is 19.3. The van der Waals surface area contributed by atoms with E-state index in [2.05, 4.69) is 56.8 Å². The van der Waals surface area contributed by atoms with Crippen molar-refractivity contribution in [3.63, 3.8) is 0 Å².